The van der Waals surface area contributed by atoms with E-state index in [0.717, 1.165) is 22.6 Å². The lowest BCUT2D eigenvalue weighted by atomic mass is 10.1. The lowest BCUT2D eigenvalue weighted by Gasteiger charge is -2.12. The SMILES string of the molecule is Cc1cccc(Oc2ccccc2CCl)c1C. The van der Waals surface area contributed by atoms with Crippen LogP contribution in [0.1, 0.15) is 16.7 Å². The molecule has 88 valence electrons. The maximum Gasteiger partial charge on any atom is 0.131 e. The van der Waals surface area contributed by atoms with Crippen LogP contribution in [0.2, 0.25) is 0 Å². The van der Waals surface area contributed by atoms with Crippen molar-refractivity contribution in [3.63, 3.8) is 0 Å². The van der Waals surface area contributed by atoms with E-state index in [9.17, 15) is 0 Å². The molecular formula is C15H15ClO. The molecule has 2 aromatic rings. The first-order chi connectivity index (χ1) is 8.22. The fourth-order valence-electron chi connectivity index (χ4n) is 1.67. The second kappa shape index (κ2) is 5.24. The average Bonchev–Trinajstić information content (AvgIpc) is 2.35. The maximum absolute atomic E-state index is 5.93. The quantitative estimate of drug-likeness (QED) is 0.705. The van der Waals surface area contributed by atoms with Gasteiger partial charge < -0.3 is 4.74 Å². The van der Waals surface area contributed by atoms with Gasteiger partial charge in [0, 0.05) is 5.56 Å². The third kappa shape index (κ3) is 2.62. The third-order valence-electron chi connectivity index (χ3n) is 2.89. The van der Waals surface area contributed by atoms with Crippen LogP contribution in [0.15, 0.2) is 42.5 Å². The largest absolute Gasteiger partial charge is 0.457 e. The van der Waals surface area contributed by atoms with Crippen LogP contribution >= 0.6 is 11.6 Å². The Morgan fingerprint density at radius 3 is 2.41 bits per heavy atom. The highest BCUT2D eigenvalue weighted by Crippen LogP contribution is 2.29. The molecule has 0 saturated carbocycles. The van der Waals surface area contributed by atoms with Gasteiger partial charge in [0.1, 0.15) is 11.5 Å². The van der Waals surface area contributed by atoms with Crippen LogP contribution in [-0.2, 0) is 5.88 Å². The molecule has 0 spiro atoms. The smallest absolute Gasteiger partial charge is 0.131 e. The molecule has 0 radical (unpaired) electrons. The molecule has 0 bridgehead atoms. The van der Waals surface area contributed by atoms with Gasteiger partial charge in [0.2, 0.25) is 0 Å². The number of alkyl halides is 1. The van der Waals surface area contributed by atoms with Gasteiger partial charge in [0.05, 0.1) is 5.88 Å². The molecule has 0 amide bonds. The summed E-state index contributed by atoms with van der Waals surface area (Å²) >= 11 is 5.89. The zero-order chi connectivity index (χ0) is 12.3. The van der Waals surface area contributed by atoms with Crippen LogP contribution < -0.4 is 4.74 Å². The predicted octanol–water partition coefficient (Wildman–Crippen LogP) is 4.83. The zero-order valence-electron chi connectivity index (χ0n) is 10.0. The first-order valence-corrected chi connectivity index (χ1v) is 6.13. The summed E-state index contributed by atoms with van der Waals surface area (Å²) in [5, 5.41) is 0. The van der Waals surface area contributed by atoms with Crippen LogP contribution in [0.25, 0.3) is 0 Å². The lowest BCUT2D eigenvalue weighted by molar-refractivity contribution is 0.474. The Morgan fingerprint density at radius 2 is 1.65 bits per heavy atom. The average molecular weight is 247 g/mol. The molecule has 2 aromatic carbocycles. The molecule has 0 aliphatic carbocycles. The van der Waals surface area contributed by atoms with E-state index < -0.39 is 0 Å². The monoisotopic (exact) mass is 246 g/mol. The third-order valence-corrected chi connectivity index (χ3v) is 3.18. The summed E-state index contributed by atoms with van der Waals surface area (Å²) in [5.74, 6) is 2.18. The number of hydrogen-bond donors (Lipinski definition) is 0. The Bertz CT molecular complexity index is 520. The molecule has 0 N–H and O–H groups in total. The van der Waals surface area contributed by atoms with Crippen LogP contribution in [0.5, 0.6) is 11.5 Å². The van der Waals surface area contributed by atoms with Gasteiger partial charge >= 0.3 is 0 Å². The van der Waals surface area contributed by atoms with Crippen LogP contribution in [0, 0.1) is 13.8 Å². The number of benzene rings is 2. The minimum atomic E-state index is 0.459. The molecule has 0 aliphatic rings. The van der Waals surface area contributed by atoms with Crippen molar-refractivity contribution in [1.82, 2.24) is 0 Å². The fourth-order valence-corrected chi connectivity index (χ4v) is 1.89. The summed E-state index contributed by atoms with van der Waals surface area (Å²) in [6, 6.07) is 13.9. The highest BCUT2D eigenvalue weighted by atomic mass is 35.5. The first-order valence-electron chi connectivity index (χ1n) is 5.60. The van der Waals surface area contributed by atoms with Gasteiger partial charge in [0.15, 0.2) is 0 Å². The molecule has 2 heteroatoms. The Labute approximate surface area is 107 Å². The molecular weight excluding hydrogens is 232 g/mol. The van der Waals surface area contributed by atoms with Crippen molar-refractivity contribution in [2.24, 2.45) is 0 Å². The Balaban J connectivity index is 2.35. The summed E-state index contributed by atoms with van der Waals surface area (Å²) in [7, 11) is 0. The fraction of sp³-hybridized carbons (Fsp3) is 0.200. The van der Waals surface area contributed by atoms with Crippen molar-refractivity contribution in [1.29, 1.82) is 0 Å². The van der Waals surface area contributed by atoms with Gasteiger partial charge in [0.25, 0.3) is 0 Å². The zero-order valence-corrected chi connectivity index (χ0v) is 10.8. The van der Waals surface area contributed by atoms with E-state index in [1.165, 1.54) is 5.56 Å². The van der Waals surface area contributed by atoms with Crippen LogP contribution in [0.3, 0.4) is 0 Å². The van der Waals surface area contributed by atoms with Gasteiger partial charge in [-0.1, -0.05) is 30.3 Å². The van der Waals surface area contributed by atoms with Crippen LogP contribution in [-0.4, -0.2) is 0 Å². The summed E-state index contributed by atoms with van der Waals surface area (Å²) in [4.78, 5) is 0. The minimum Gasteiger partial charge on any atom is -0.457 e. The summed E-state index contributed by atoms with van der Waals surface area (Å²) in [6.45, 7) is 4.14. The minimum absolute atomic E-state index is 0.459. The molecule has 1 nitrogen and oxygen atoms in total. The predicted molar refractivity (Wildman–Crippen MR) is 72.0 cm³/mol. The van der Waals surface area contributed by atoms with E-state index >= 15 is 0 Å². The molecule has 0 saturated heterocycles. The molecule has 0 fully saturated rings. The Morgan fingerprint density at radius 1 is 0.941 bits per heavy atom. The number of ether oxygens (including phenoxy) is 1. The van der Waals surface area contributed by atoms with E-state index in [1.807, 2.05) is 36.4 Å². The molecule has 0 atom stereocenters. The van der Waals surface area contributed by atoms with Gasteiger partial charge in [-0.2, -0.15) is 0 Å². The number of halogens is 1. The molecule has 17 heavy (non-hydrogen) atoms. The second-order valence-electron chi connectivity index (χ2n) is 4.04. The van der Waals surface area contributed by atoms with Crippen molar-refractivity contribution < 1.29 is 4.74 Å². The molecule has 0 aromatic heterocycles. The van der Waals surface area contributed by atoms with E-state index in [0.29, 0.717) is 5.88 Å². The standard InChI is InChI=1S/C15H15ClO/c1-11-6-5-9-14(12(11)2)17-15-8-4-3-7-13(15)10-16/h3-9H,10H2,1-2H3. The van der Waals surface area contributed by atoms with E-state index in [1.54, 1.807) is 0 Å². The molecule has 0 aliphatic heterocycles. The van der Waals surface area contributed by atoms with Crippen molar-refractivity contribution >= 4 is 11.6 Å². The van der Waals surface area contributed by atoms with E-state index in [2.05, 4.69) is 19.9 Å². The highest BCUT2D eigenvalue weighted by Gasteiger charge is 2.06. The van der Waals surface area contributed by atoms with E-state index in [4.69, 9.17) is 16.3 Å². The highest BCUT2D eigenvalue weighted by molar-refractivity contribution is 6.17. The summed E-state index contributed by atoms with van der Waals surface area (Å²) < 4.78 is 5.93. The summed E-state index contributed by atoms with van der Waals surface area (Å²) in [6.07, 6.45) is 0. The Hall–Kier alpha value is -1.47. The molecule has 0 unspecified atom stereocenters. The maximum atomic E-state index is 5.93. The van der Waals surface area contributed by atoms with Crippen molar-refractivity contribution in [3.05, 3.63) is 59.2 Å². The first kappa shape index (κ1) is 12.0. The second-order valence-corrected chi connectivity index (χ2v) is 4.31. The molecule has 0 heterocycles. The number of para-hydroxylation sites is 1. The lowest BCUT2D eigenvalue weighted by Crippen LogP contribution is -1.92. The normalized spacial score (nSPS) is 10.3. The van der Waals surface area contributed by atoms with Gasteiger partial charge in [-0.15, -0.1) is 11.6 Å². The van der Waals surface area contributed by atoms with Crippen molar-refractivity contribution in [2.45, 2.75) is 19.7 Å². The van der Waals surface area contributed by atoms with Gasteiger partial charge in [-0.25, -0.2) is 0 Å². The topological polar surface area (TPSA) is 9.23 Å². The van der Waals surface area contributed by atoms with E-state index in [-0.39, 0.29) is 0 Å². The van der Waals surface area contributed by atoms with Gasteiger partial charge in [-0.05, 0) is 37.1 Å². The molecule has 2 rings (SSSR count). The van der Waals surface area contributed by atoms with Crippen molar-refractivity contribution in [3.8, 4) is 11.5 Å². The number of hydrogen-bond acceptors (Lipinski definition) is 1. The summed E-state index contributed by atoms with van der Waals surface area (Å²) in [5.41, 5.74) is 3.40. The number of rotatable bonds is 3. The van der Waals surface area contributed by atoms with Crippen LogP contribution in [0.4, 0.5) is 0 Å². The van der Waals surface area contributed by atoms with Gasteiger partial charge in [-0.3, -0.25) is 0 Å². The van der Waals surface area contributed by atoms with Crippen molar-refractivity contribution in [2.75, 3.05) is 0 Å². The number of aryl methyl sites for hydroxylation is 1. The Kier molecular flexibility index (Phi) is 3.70.